The molecule has 1 aliphatic rings. The van der Waals surface area contributed by atoms with Crippen LogP contribution in [0.1, 0.15) is 42.6 Å². The first-order chi connectivity index (χ1) is 9.26. The molecule has 1 atom stereocenters. The highest BCUT2D eigenvalue weighted by Crippen LogP contribution is 2.18. The number of amides is 1. The van der Waals surface area contributed by atoms with Crippen LogP contribution in [0.15, 0.2) is 24.3 Å². The average molecular weight is 260 g/mol. The van der Waals surface area contributed by atoms with Crippen LogP contribution in [0.3, 0.4) is 0 Å². The van der Waals surface area contributed by atoms with Gasteiger partial charge in [-0.15, -0.1) is 0 Å². The summed E-state index contributed by atoms with van der Waals surface area (Å²) in [5, 5.41) is 3.45. The summed E-state index contributed by atoms with van der Waals surface area (Å²) in [5.74, 6) is 0.199. The molecule has 19 heavy (non-hydrogen) atoms. The van der Waals surface area contributed by atoms with Crippen LogP contribution in [-0.4, -0.2) is 36.5 Å². The number of nitrogens with one attached hydrogen (secondary N) is 1. The van der Waals surface area contributed by atoms with Crippen LogP contribution >= 0.6 is 0 Å². The molecule has 1 N–H and O–H groups in total. The van der Waals surface area contributed by atoms with Crippen LogP contribution in [-0.2, 0) is 6.42 Å². The van der Waals surface area contributed by atoms with Crippen LogP contribution in [0.5, 0.6) is 0 Å². The zero-order chi connectivity index (χ0) is 13.7. The molecule has 0 fully saturated rings. The Bertz CT molecular complexity index is 431. The first kappa shape index (κ1) is 14.1. The van der Waals surface area contributed by atoms with Gasteiger partial charge in [0.05, 0.1) is 0 Å². The summed E-state index contributed by atoms with van der Waals surface area (Å²) < 4.78 is 0. The monoisotopic (exact) mass is 260 g/mol. The van der Waals surface area contributed by atoms with Gasteiger partial charge in [0, 0.05) is 24.7 Å². The van der Waals surface area contributed by atoms with Crippen LogP contribution < -0.4 is 5.32 Å². The van der Waals surface area contributed by atoms with Crippen molar-refractivity contribution in [1.29, 1.82) is 0 Å². The zero-order valence-electron chi connectivity index (χ0n) is 12.0. The van der Waals surface area contributed by atoms with Gasteiger partial charge in [-0.25, -0.2) is 0 Å². The second-order valence-electron chi connectivity index (χ2n) is 5.17. The summed E-state index contributed by atoms with van der Waals surface area (Å²) >= 11 is 0. The van der Waals surface area contributed by atoms with Crippen LogP contribution in [0.4, 0.5) is 0 Å². The molecule has 0 saturated heterocycles. The Labute approximate surface area is 116 Å². The number of hydrogen-bond donors (Lipinski definition) is 1. The summed E-state index contributed by atoms with van der Waals surface area (Å²) in [6, 6.07) is 8.43. The highest BCUT2D eigenvalue weighted by Gasteiger charge is 2.23. The first-order valence-electron chi connectivity index (χ1n) is 7.36. The third-order valence-corrected chi connectivity index (χ3v) is 3.84. The average Bonchev–Trinajstić information content (AvgIpc) is 2.59. The van der Waals surface area contributed by atoms with E-state index < -0.39 is 0 Å². The fourth-order valence-corrected chi connectivity index (χ4v) is 2.75. The minimum absolute atomic E-state index is 0.199. The van der Waals surface area contributed by atoms with Gasteiger partial charge >= 0.3 is 0 Å². The predicted octanol–water partition coefficient (Wildman–Crippen LogP) is 2.46. The Morgan fingerprint density at radius 1 is 1.32 bits per heavy atom. The van der Waals surface area contributed by atoms with Gasteiger partial charge in [0.25, 0.3) is 5.91 Å². The second-order valence-corrected chi connectivity index (χ2v) is 5.17. The van der Waals surface area contributed by atoms with E-state index in [1.165, 1.54) is 5.56 Å². The maximum atomic E-state index is 12.6. The minimum atomic E-state index is 0.199. The SMILES string of the molecule is CCNC(CC)CN1CCCc2ccccc2C1=O. The number of nitrogens with zero attached hydrogens (tertiary/aromatic N) is 1. The molecular weight excluding hydrogens is 236 g/mol. The fraction of sp³-hybridized carbons (Fsp3) is 0.562. The van der Waals surface area contributed by atoms with Crippen molar-refractivity contribution in [3.63, 3.8) is 0 Å². The van der Waals surface area contributed by atoms with Gasteiger partial charge in [-0.3, -0.25) is 4.79 Å². The van der Waals surface area contributed by atoms with Gasteiger partial charge in [-0.05, 0) is 37.4 Å². The maximum absolute atomic E-state index is 12.6. The molecule has 0 aliphatic carbocycles. The predicted molar refractivity (Wildman–Crippen MR) is 78.4 cm³/mol. The second kappa shape index (κ2) is 6.71. The van der Waals surface area contributed by atoms with E-state index in [-0.39, 0.29) is 5.91 Å². The molecule has 104 valence electrons. The molecule has 1 aliphatic heterocycles. The first-order valence-corrected chi connectivity index (χ1v) is 7.36. The van der Waals surface area contributed by atoms with Crippen molar-refractivity contribution < 1.29 is 4.79 Å². The third-order valence-electron chi connectivity index (χ3n) is 3.84. The molecule has 1 aromatic rings. The Hall–Kier alpha value is -1.35. The van der Waals surface area contributed by atoms with Crippen molar-refractivity contribution in [1.82, 2.24) is 10.2 Å². The summed E-state index contributed by atoms with van der Waals surface area (Å²) in [6.45, 7) is 6.93. The molecule has 0 radical (unpaired) electrons. The lowest BCUT2D eigenvalue weighted by atomic mass is 10.0. The Morgan fingerprint density at radius 2 is 2.11 bits per heavy atom. The molecule has 0 spiro atoms. The fourth-order valence-electron chi connectivity index (χ4n) is 2.75. The lowest BCUT2D eigenvalue weighted by molar-refractivity contribution is 0.0743. The number of carbonyl (C=O) groups is 1. The van der Waals surface area contributed by atoms with Gasteiger partial charge in [-0.1, -0.05) is 32.0 Å². The normalized spacial score (nSPS) is 16.9. The smallest absolute Gasteiger partial charge is 0.254 e. The van der Waals surface area contributed by atoms with Gasteiger partial charge in [0.1, 0.15) is 0 Å². The van der Waals surface area contributed by atoms with E-state index in [2.05, 4.69) is 25.2 Å². The quantitative estimate of drug-likeness (QED) is 0.882. The van der Waals surface area contributed by atoms with E-state index in [9.17, 15) is 4.79 Å². The van der Waals surface area contributed by atoms with E-state index in [1.54, 1.807) is 0 Å². The molecule has 0 saturated carbocycles. The molecule has 2 rings (SSSR count). The minimum Gasteiger partial charge on any atom is -0.337 e. The number of rotatable bonds is 5. The maximum Gasteiger partial charge on any atom is 0.254 e. The van der Waals surface area contributed by atoms with E-state index >= 15 is 0 Å². The Balaban J connectivity index is 2.12. The summed E-state index contributed by atoms with van der Waals surface area (Å²) in [5.41, 5.74) is 2.10. The molecule has 1 unspecified atom stereocenters. The molecule has 1 amide bonds. The van der Waals surface area contributed by atoms with Crippen molar-refractivity contribution in [2.24, 2.45) is 0 Å². The standard InChI is InChI=1S/C16H24N2O/c1-3-14(17-4-2)12-18-11-7-9-13-8-5-6-10-15(13)16(18)19/h5-6,8,10,14,17H,3-4,7,9,11-12H2,1-2H3. The van der Waals surface area contributed by atoms with Gasteiger partial charge in [-0.2, -0.15) is 0 Å². The third kappa shape index (κ3) is 3.35. The summed E-state index contributed by atoms with van der Waals surface area (Å²) in [6.07, 6.45) is 3.13. The molecule has 3 nitrogen and oxygen atoms in total. The zero-order valence-corrected chi connectivity index (χ0v) is 12.0. The van der Waals surface area contributed by atoms with Crippen molar-refractivity contribution in [2.45, 2.75) is 39.2 Å². The number of carbonyl (C=O) groups excluding carboxylic acids is 1. The highest BCUT2D eigenvalue weighted by atomic mass is 16.2. The number of aryl methyl sites for hydroxylation is 1. The highest BCUT2D eigenvalue weighted by molar-refractivity contribution is 5.96. The molecule has 1 aromatic carbocycles. The number of hydrogen-bond acceptors (Lipinski definition) is 2. The molecule has 0 aromatic heterocycles. The van der Waals surface area contributed by atoms with Crippen LogP contribution in [0, 0.1) is 0 Å². The van der Waals surface area contributed by atoms with Crippen molar-refractivity contribution >= 4 is 5.91 Å². The number of fused-ring (bicyclic) bond motifs is 1. The van der Waals surface area contributed by atoms with Gasteiger partial charge in [0.15, 0.2) is 0 Å². The summed E-state index contributed by atoms with van der Waals surface area (Å²) in [7, 11) is 0. The van der Waals surface area contributed by atoms with Crippen molar-refractivity contribution in [3.05, 3.63) is 35.4 Å². The lowest BCUT2D eigenvalue weighted by Crippen LogP contribution is -2.43. The van der Waals surface area contributed by atoms with Gasteiger partial charge < -0.3 is 10.2 Å². The van der Waals surface area contributed by atoms with Crippen LogP contribution in [0.2, 0.25) is 0 Å². The molecule has 3 heteroatoms. The Kier molecular flexibility index (Phi) is 4.97. The number of benzene rings is 1. The number of likely N-dealkylation sites (N-methyl/N-ethyl adjacent to an activating group) is 1. The van der Waals surface area contributed by atoms with Gasteiger partial charge in [0.2, 0.25) is 0 Å². The van der Waals surface area contributed by atoms with Crippen LogP contribution in [0.25, 0.3) is 0 Å². The van der Waals surface area contributed by atoms with Crippen molar-refractivity contribution in [3.8, 4) is 0 Å². The van der Waals surface area contributed by atoms with E-state index in [0.717, 1.165) is 44.5 Å². The van der Waals surface area contributed by atoms with E-state index in [1.807, 2.05) is 23.1 Å². The molecular formula is C16H24N2O. The Morgan fingerprint density at radius 3 is 2.84 bits per heavy atom. The van der Waals surface area contributed by atoms with E-state index in [4.69, 9.17) is 0 Å². The van der Waals surface area contributed by atoms with E-state index in [0.29, 0.717) is 6.04 Å². The molecule has 1 heterocycles. The topological polar surface area (TPSA) is 32.3 Å². The lowest BCUT2D eigenvalue weighted by Gasteiger charge is -2.26. The summed E-state index contributed by atoms with van der Waals surface area (Å²) in [4.78, 5) is 14.6. The largest absolute Gasteiger partial charge is 0.337 e. The van der Waals surface area contributed by atoms with Crippen molar-refractivity contribution in [2.75, 3.05) is 19.6 Å². The molecule has 0 bridgehead atoms.